The lowest BCUT2D eigenvalue weighted by molar-refractivity contribution is 0.770. The van der Waals surface area contributed by atoms with Crippen molar-refractivity contribution in [1.29, 1.82) is 0 Å². The number of rotatable bonds is 8. The molecule has 2 nitrogen and oxygen atoms in total. The molecule has 13 rings (SSSR count). The third-order valence-electron chi connectivity index (χ3n) is 14.0. The Balaban J connectivity index is 1.09. The lowest BCUT2D eigenvalue weighted by Gasteiger charge is -2.36. The van der Waals surface area contributed by atoms with Crippen molar-refractivity contribution in [2.75, 3.05) is 4.90 Å². The van der Waals surface area contributed by atoms with Gasteiger partial charge in [-0.05, 0) is 110 Å². The van der Waals surface area contributed by atoms with Crippen molar-refractivity contribution in [3.05, 3.63) is 289 Å². The highest BCUT2D eigenvalue weighted by atomic mass is 15.1. The van der Waals surface area contributed by atoms with E-state index in [1.165, 1.54) is 82.7 Å². The molecule has 314 valence electrons. The second-order valence-electron chi connectivity index (χ2n) is 17.6. The van der Waals surface area contributed by atoms with E-state index < -0.39 is 5.41 Å². The van der Waals surface area contributed by atoms with Gasteiger partial charge in [-0.15, -0.1) is 0 Å². The smallest absolute Gasteiger partial charge is 0.0720 e. The van der Waals surface area contributed by atoms with Crippen LogP contribution in [0.4, 0.5) is 17.1 Å². The fraction of sp³-hybridized carbons (Fsp3) is 0.0154. The Morgan fingerprint density at radius 3 is 1.67 bits per heavy atom. The molecule has 0 spiro atoms. The predicted molar refractivity (Wildman–Crippen MR) is 281 cm³/mol. The molecule has 0 fully saturated rings. The Morgan fingerprint density at radius 1 is 0.313 bits per heavy atom. The second kappa shape index (κ2) is 15.8. The van der Waals surface area contributed by atoms with Crippen LogP contribution in [0.25, 0.3) is 71.6 Å². The highest BCUT2D eigenvalue weighted by Crippen LogP contribution is 2.59. The van der Waals surface area contributed by atoms with Gasteiger partial charge in [-0.1, -0.05) is 218 Å². The van der Waals surface area contributed by atoms with Gasteiger partial charge in [0.1, 0.15) is 0 Å². The molecule has 0 saturated carbocycles. The molecule has 0 N–H and O–H groups in total. The summed E-state index contributed by atoms with van der Waals surface area (Å²) in [5, 5.41) is 4.83. The van der Waals surface area contributed by atoms with Crippen molar-refractivity contribution in [1.82, 2.24) is 4.57 Å². The molecule has 1 atom stereocenters. The van der Waals surface area contributed by atoms with Gasteiger partial charge in [-0.25, -0.2) is 0 Å². The Kier molecular flexibility index (Phi) is 9.11. The minimum Gasteiger partial charge on any atom is -0.310 e. The molecule has 0 bridgehead atoms. The van der Waals surface area contributed by atoms with Crippen LogP contribution >= 0.6 is 0 Å². The summed E-state index contributed by atoms with van der Waals surface area (Å²) in [7, 11) is 0. The quantitative estimate of drug-likeness (QED) is 0.148. The van der Waals surface area contributed by atoms with E-state index >= 15 is 0 Å². The fourth-order valence-corrected chi connectivity index (χ4v) is 11.2. The summed E-state index contributed by atoms with van der Waals surface area (Å²) in [6, 6.07) is 98.3. The zero-order valence-corrected chi connectivity index (χ0v) is 36.8. The molecule has 0 saturated heterocycles. The third-order valence-corrected chi connectivity index (χ3v) is 14.0. The molecule has 1 aliphatic rings. The number of hydrogen-bond acceptors (Lipinski definition) is 1. The summed E-state index contributed by atoms with van der Waals surface area (Å²) in [6.45, 7) is 0. The van der Waals surface area contributed by atoms with Gasteiger partial charge >= 0.3 is 0 Å². The Morgan fingerprint density at radius 2 is 0.866 bits per heavy atom. The van der Waals surface area contributed by atoms with E-state index in [9.17, 15) is 0 Å². The first-order chi connectivity index (χ1) is 33.3. The minimum absolute atomic E-state index is 0.625. The maximum atomic E-state index is 2.49. The molecular weight excluding hydrogens is 809 g/mol. The van der Waals surface area contributed by atoms with Crippen LogP contribution in [0.1, 0.15) is 22.3 Å². The Hall–Kier alpha value is -8.72. The molecule has 1 unspecified atom stereocenters. The standard InChI is InChI=1S/C65H44N2/c1-4-20-45(21-5-1)48-26-18-29-50(42-48)67-63-36-17-14-33-57(63)58-41-39-52(44-64(58)67)66(62-37-19-25-47-24-10-11-31-54(47)62)51-38-40-56-55-32-13-16-35-60(55)65(61(56)43-51,49-27-8-3-9-28-49)59-34-15-12-30-53(59)46-22-6-2-7-23-46/h1-44H. The van der Waals surface area contributed by atoms with Crippen molar-refractivity contribution < 1.29 is 0 Å². The average Bonchev–Trinajstić information content (AvgIpc) is 3.90. The predicted octanol–water partition coefficient (Wildman–Crippen LogP) is 17.1. The van der Waals surface area contributed by atoms with Gasteiger partial charge in [0.15, 0.2) is 0 Å². The van der Waals surface area contributed by atoms with Crippen LogP contribution in [0.15, 0.2) is 267 Å². The third kappa shape index (κ3) is 6.11. The van der Waals surface area contributed by atoms with Crippen LogP contribution in [0.2, 0.25) is 0 Å². The van der Waals surface area contributed by atoms with Crippen LogP contribution < -0.4 is 4.90 Å². The van der Waals surface area contributed by atoms with Gasteiger partial charge in [-0.3, -0.25) is 0 Å². The molecule has 12 aromatic rings. The number of nitrogens with zero attached hydrogens (tertiary/aromatic N) is 2. The van der Waals surface area contributed by atoms with Crippen molar-refractivity contribution in [2.24, 2.45) is 0 Å². The van der Waals surface area contributed by atoms with E-state index in [1.54, 1.807) is 0 Å². The number of aromatic nitrogens is 1. The summed E-state index contributed by atoms with van der Waals surface area (Å²) in [4.78, 5) is 2.49. The van der Waals surface area contributed by atoms with Gasteiger partial charge < -0.3 is 9.47 Å². The molecule has 1 heterocycles. The number of anilines is 3. The Labute approximate surface area is 390 Å². The van der Waals surface area contributed by atoms with Gasteiger partial charge in [0.25, 0.3) is 0 Å². The van der Waals surface area contributed by atoms with Crippen LogP contribution in [0.5, 0.6) is 0 Å². The molecular formula is C65H44N2. The zero-order chi connectivity index (χ0) is 44.3. The van der Waals surface area contributed by atoms with E-state index in [2.05, 4.69) is 276 Å². The summed E-state index contributed by atoms with van der Waals surface area (Å²) in [5.41, 5.74) is 18.5. The van der Waals surface area contributed by atoms with Crippen molar-refractivity contribution >= 4 is 49.6 Å². The fourth-order valence-electron chi connectivity index (χ4n) is 11.2. The molecule has 67 heavy (non-hydrogen) atoms. The van der Waals surface area contributed by atoms with Crippen molar-refractivity contribution in [2.45, 2.75) is 5.41 Å². The first kappa shape index (κ1) is 38.7. The van der Waals surface area contributed by atoms with E-state index in [-0.39, 0.29) is 0 Å². The van der Waals surface area contributed by atoms with Crippen LogP contribution in [-0.4, -0.2) is 4.57 Å². The van der Waals surface area contributed by atoms with Gasteiger partial charge in [0.2, 0.25) is 0 Å². The van der Waals surface area contributed by atoms with Crippen molar-refractivity contribution in [3.63, 3.8) is 0 Å². The van der Waals surface area contributed by atoms with Crippen LogP contribution in [-0.2, 0) is 5.41 Å². The maximum Gasteiger partial charge on any atom is 0.0720 e. The molecule has 1 aliphatic carbocycles. The van der Waals surface area contributed by atoms with E-state index in [0.29, 0.717) is 0 Å². The zero-order valence-electron chi connectivity index (χ0n) is 36.8. The normalized spacial score (nSPS) is 14.0. The van der Waals surface area contributed by atoms with Crippen LogP contribution in [0.3, 0.4) is 0 Å². The molecule has 0 amide bonds. The largest absolute Gasteiger partial charge is 0.310 e. The maximum absolute atomic E-state index is 2.49. The van der Waals surface area contributed by atoms with E-state index in [4.69, 9.17) is 0 Å². The minimum atomic E-state index is -0.625. The molecule has 0 aliphatic heterocycles. The monoisotopic (exact) mass is 852 g/mol. The Bertz CT molecular complexity index is 3810. The number of benzene rings is 11. The van der Waals surface area contributed by atoms with Gasteiger partial charge in [0.05, 0.1) is 22.1 Å². The lowest BCUT2D eigenvalue weighted by Crippen LogP contribution is -2.29. The topological polar surface area (TPSA) is 8.17 Å². The number of para-hydroxylation sites is 1. The van der Waals surface area contributed by atoms with Crippen molar-refractivity contribution in [3.8, 4) is 39.1 Å². The van der Waals surface area contributed by atoms with Gasteiger partial charge in [0, 0.05) is 33.2 Å². The number of fused-ring (bicyclic) bond motifs is 7. The molecule has 11 aromatic carbocycles. The number of hydrogen-bond donors (Lipinski definition) is 0. The summed E-state index contributed by atoms with van der Waals surface area (Å²) in [6.07, 6.45) is 0. The molecule has 1 aromatic heterocycles. The van der Waals surface area contributed by atoms with Gasteiger partial charge in [-0.2, -0.15) is 0 Å². The lowest BCUT2D eigenvalue weighted by atomic mass is 9.66. The summed E-state index contributed by atoms with van der Waals surface area (Å²) >= 11 is 0. The second-order valence-corrected chi connectivity index (χ2v) is 17.6. The van der Waals surface area contributed by atoms with Crippen LogP contribution in [0, 0.1) is 0 Å². The van der Waals surface area contributed by atoms with E-state index in [0.717, 1.165) is 28.3 Å². The molecule has 0 radical (unpaired) electrons. The van der Waals surface area contributed by atoms with E-state index in [1.807, 2.05) is 0 Å². The highest BCUT2D eigenvalue weighted by Gasteiger charge is 2.47. The average molecular weight is 853 g/mol. The summed E-state index contributed by atoms with van der Waals surface area (Å²) < 4.78 is 2.45. The first-order valence-corrected chi connectivity index (χ1v) is 23.2. The highest BCUT2D eigenvalue weighted by molar-refractivity contribution is 6.11. The first-order valence-electron chi connectivity index (χ1n) is 23.2. The SMILES string of the molecule is c1ccc(-c2cccc(-n3c4ccccc4c4ccc(N(c5ccc6c(c5)C(c5ccccc5)(c5ccccc5-c5ccccc5)c5ccccc5-6)c5cccc6ccccc56)cc43)c2)cc1. The summed E-state index contributed by atoms with van der Waals surface area (Å²) in [5.74, 6) is 0. The molecule has 2 heteroatoms.